The summed E-state index contributed by atoms with van der Waals surface area (Å²) in [6, 6.07) is 2.45. The van der Waals surface area contributed by atoms with E-state index < -0.39 is 23.2 Å². The SMILES string of the molecule is C=C(C)COCCNc1ccc(C(=O)OC)c(F)c1F. The molecular weight excluding hydrogens is 268 g/mol. The summed E-state index contributed by atoms with van der Waals surface area (Å²) in [7, 11) is 1.10. The molecule has 0 spiro atoms. The zero-order chi connectivity index (χ0) is 15.1. The Kier molecular flexibility index (Phi) is 6.11. The molecule has 4 nitrogen and oxygen atoms in total. The highest BCUT2D eigenvalue weighted by molar-refractivity contribution is 5.90. The van der Waals surface area contributed by atoms with Gasteiger partial charge in [0.05, 0.1) is 31.6 Å². The van der Waals surface area contributed by atoms with Crippen LogP contribution < -0.4 is 5.32 Å². The predicted octanol–water partition coefficient (Wildman–Crippen LogP) is 2.76. The largest absolute Gasteiger partial charge is 0.465 e. The van der Waals surface area contributed by atoms with Crippen molar-refractivity contribution >= 4 is 11.7 Å². The minimum absolute atomic E-state index is 0.0333. The van der Waals surface area contributed by atoms with Gasteiger partial charge in [0.2, 0.25) is 0 Å². The molecule has 1 rings (SSSR count). The lowest BCUT2D eigenvalue weighted by Gasteiger charge is -2.10. The van der Waals surface area contributed by atoms with Crippen molar-refractivity contribution in [3.63, 3.8) is 0 Å². The molecule has 1 aromatic carbocycles. The Hall–Kier alpha value is -1.95. The zero-order valence-electron chi connectivity index (χ0n) is 11.5. The van der Waals surface area contributed by atoms with E-state index in [1.165, 1.54) is 12.1 Å². The maximum Gasteiger partial charge on any atom is 0.340 e. The quantitative estimate of drug-likeness (QED) is 0.475. The third-order valence-corrected chi connectivity index (χ3v) is 2.40. The number of rotatable bonds is 7. The van der Waals surface area contributed by atoms with Crippen molar-refractivity contribution in [2.24, 2.45) is 0 Å². The predicted molar refractivity (Wildman–Crippen MR) is 71.8 cm³/mol. The third kappa shape index (κ3) is 4.31. The van der Waals surface area contributed by atoms with Crippen LogP contribution in [0.2, 0.25) is 0 Å². The van der Waals surface area contributed by atoms with Gasteiger partial charge in [-0.05, 0) is 19.1 Å². The van der Waals surface area contributed by atoms with Gasteiger partial charge in [0.1, 0.15) is 0 Å². The first-order valence-electron chi connectivity index (χ1n) is 5.99. The van der Waals surface area contributed by atoms with Crippen molar-refractivity contribution in [2.45, 2.75) is 6.92 Å². The third-order valence-electron chi connectivity index (χ3n) is 2.40. The fraction of sp³-hybridized carbons (Fsp3) is 0.357. The Labute approximate surface area is 116 Å². The van der Waals surface area contributed by atoms with Crippen LogP contribution in [0.3, 0.4) is 0 Å². The highest BCUT2D eigenvalue weighted by Crippen LogP contribution is 2.21. The second kappa shape index (κ2) is 7.59. The molecule has 0 aliphatic heterocycles. The smallest absolute Gasteiger partial charge is 0.340 e. The molecule has 6 heteroatoms. The number of halogens is 2. The topological polar surface area (TPSA) is 47.6 Å². The van der Waals surface area contributed by atoms with E-state index in [9.17, 15) is 13.6 Å². The number of esters is 1. The summed E-state index contributed by atoms with van der Waals surface area (Å²) < 4.78 is 36.9. The normalized spacial score (nSPS) is 10.2. The summed E-state index contributed by atoms with van der Waals surface area (Å²) >= 11 is 0. The average Bonchev–Trinajstić information content (AvgIpc) is 2.42. The van der Waals surface area contributed by atoms with E-state index in [0.29, 0.717) is 19.8 Å². The fourth-order valence-corrected chi connectivity index (χ4v) is 1.46. The molecule has 0 amide bonds. The van der Waals surface area contributed by atoms with Crippen molar-refractivity contribution < 1.29 is 23.0 Å². The lowest BCUT2D eigenvalue weighted by atomic mass is 10.2. The molecule has 0 saturated carbocycles. The van der Waals surface area contributed by atoms with Gasteiger partial charge in [-0.3, -0.25) is 0 Å². The van der Waals surface area contributed by atoms with Gasteiger partial charge in [-0.1, -0.05) is 12.2 Å². The highest BCUT2D eigenvalue weighted by Gasteiger charge is 2.18. The van der Waals surface area contributed by atoms with Crippen LogP contribution in [0.25, 0.3) is 0 Å². The molecule has 0 fully saturated rings. The highest BCUT2D eigenvalue weighted by atomic mass is 19.2. The maximum absolute atomic E-state index is 13.7. The summed E-state index contributed by atoms with van der Waals surface area (Å²) in [4.78, 5) is 11.2. The van der Waals surface area contributed by atoms with Gasteiger partial charge in [-0.15, -0.1) is 0 Å². The van der Waals surface area contributed by atoms with Gasteiger partial charge in [-0.25, -0.2) is 13.6 Å². The summed E-state index contributed by atoms with van der Waals surface area (Å²) in [6.45, 7) is 6.55. The average molecular weight is 285 g/mol. The molecule has 0 aliphatic rings. The molecule has 1 aromatic rings. The molecule has 0 saturated heterocycles. The van der Waals surface area contributed by atoms with Gasteiger partial charge < -0.3 is 14.8 Å². The molecule has 0 heterocycles. The lowest BCUT2D eigenvalue weighted by Crippen LogP contribution is -2.13. The van der Waals surface area contributed by atoms with E-state index in [1.807, 2.05) is 6.92 Å². The van der Waals surface area contributed by atoms with Crippen LogP contribution >= 0.6 is 0 Å². The second-order valence-corrected chi connectivity index (χ2v) is 4.22. The monoisotopic (exact) mass is 285 g/mol. The number of anilines is 1. The molecular formula is C14H17F2NO3. The number of benzene rings is 1. The Morgan fingerprint density at radius 2 is 2.05 bits per heavy atom. The molecule has 1 N–H and O–H groups in total. The van der Waals surface area contributed by atoms with Crippen molar-refractivity contribution in [1.82, 2.24) is 0 Å². The van der Waals surface area contributed by atoms with Crippen molar-refractivity contribution in [3.05, 3.63) is 41.5 Å². The first-order chi connectivity index (χ1) is 9.47. The van der Waals surface area contributed by atoms with Crippen molar-refractivity contribution in [3.8, 4) is 0 Å². The first kappa shape index (κ1) is 16.1. The Morgan fingerprint density at radius 3 is 2.65 bits per heavy atom. The molecule has 0 radical (unpaired) electrons. The van der Waals surface area contributed by atoms with Crippen molar-refractivity contribution in [1.29, 1.82) is 0 Å². The number of ether oxygens (including phenoxy) is 2. The number of hydrogen-bond acceptors (Lipinski definition) is 4. The van der Waals surface area contributed by atoms with E-state index in [0.717, 1.165) is 12.7 Å². The maximum atomic E-state index is 13.7. The minimum Gasteiger partial charge on any atom is -0.465 e. The second-order valence-electron chi connectivity index (χ2n) is 4.22. The number of carbonyl (C=O) groups excluding carboxylic acids is 1. The van der Waals surface area contributed by atoms with Gasteiger partial charge in [0.25, 0.3) is 0 Å². The fourth-order valence-electron chi connectivity index (χ4n) is 1.46. The van der Waals surface area contributed by atoms with Crippen LogP contribution in [0.15, 0.2) is 24.3 Å². The van der Waals surface area contributed by atoms with Crippen LogP contribution in [0.1, 0.15) is 17.3 Å². The zero-order valence-corrected chi connectivity index (χ0v) is 11.5. The Bertz CT molecular complexity index is 503. The summed E-state index contributed by atoms with van der Waals surface area (Å²) in [5.41, 5.74) is 0.410. The van der Waals surface area contributed by atoms with Crippen LogP contribution in [-0.4, -0.2) is 32.8 Å². The lowest BCUT2D eigenvalue weighted by molar-refractivity contribution is 0.0594. The van der Waals surface area contributed by atoms with Gasteiger partial charge in [0, 0.05) is 6.54 Å². The van der Waals surface area contributed by atoms with E-state index in [1.54, 1.807) is 0 Å². The summed E-state index contributed by atoms with van der Waals surface area (Å²) in [6.07, 6.45) is 0. The van der Waals surface area contributed by atoms with Crippen LogP contribution in [0.5, 0.6) is 0 Å². The molecule has 0 bridgehead atoms. The van der Waals surface area contributed by atoms with Crippen molar-refractivity contribution in [2.75, 3.05) is 32.2 Å². The standard InChI is InChI=1S/C14H17F2NO3/c1-9(2)8-20-7-6-17-11-5-4-10(14(18)19-3)12(15)13(11)16/h4-5,17H,1,6-8H2,2-3H3. The Balaban J connectivity index is 2.62. The summed E-state index contributed by atoms with van der Waals surface area (Å²) in [5, 5.41) is 2.69. The van der Waals surface area contributed by atoms with Crippen LogP contribution in [0.4, 0.5) is 14.5 Å². The van der Waals surface area contributed by atoms with E-state index in [2.05, 4.69) is 16.6 Å². The number of methoxy groups -OCH3 is 1. The first-order valence-corrected chi connectivity index (χ1v) is 5.99. The molecule has 0 unspecified atom stereocenters. The van der Waals surface area contributed by atoms with E-state index in [-0.39, 0.29) is 5.69 Å². The van der Waals surface area contributed by atoms with Crippen LogP contribution in [0, 0.1) is 11.6 Å². The minimum atomic E-state index is -1.23. The molecule has 0 aromatic heterocycles. The molecule has 0 atom stereocenters. The van der Waals surface area contributed by atoms with Crippen LogP contribution in [-0.2, 0) is 9.47 Å². The van der Waals surface area contributed by atoms with Gasteiger partial charge in [-0.2, -0.15) is 0 Å². The molecule has 20 heavy (non-hydrogen) atoms. The number of nitrogens with one attached hydrogen (secondary N) is 1. The summed E-state index contributed by atoms with van der Waals surface area (Å²) in [5.74, 6) is -3.27. The number of carbonyl (C=O) groups is 1. The van der Waals surface area contributed by atoms with Gasteiger partial charge in [0.15, 0.2) is 11.6 Å². The molecule has 0 aliphatic carbocycles. The Morgan fingerprint density at radius 1 is 1.35 bits per heavy atom. The molecule has 110 valence electrons. The number of hydrogen-bond donors (Lipinski definition) is 1. The van der Waals surface area contributed by atoms with E-state index in [4.69, 9.17) is 4.74 Å². The van der Waals surface area contributed by atoms with Gasteiger partial charge >= 0.3 is 5.97 Å². The van der Waals surface area contributed by atoms with E-state index >= 15 is 0 Å².